The molecule has 0 radical (unpaired) electrons. The van der Waals surface area contributed by atoms with Gasteiger partial charge in [0.1, 0.15) is 5.70 Å². The van der Waals surface area contributed by atoms with E-state index in [-0.39, 0.29) is 17.0 Å². The van der Waals surface area contributed by atoms with Crippen molar-refractivity contribution >= 4 is 5.78 Å². The molecule has 1 unspecified atom stereocenters. The van der Waals surface area contributed by atoms with Crippen LogP contribution in [0, 0.1) is 0 Å². The fourth-order valence-corrected chi connectivity index (χ4v) is 2.27. The topological polar surface area (TPSA) is 21.5 Å². The molecule has 0 saturated carbocycles. The number of carbonyl (C=O) groups is 1. The van der Waals surface area contributed by atoms with Crippen molar-refractivity contribution in [2.75, 3.05) is 13.6 Å². The van der Waals surface area contributed by atoms with Crippen molar-refractivity contribution in [3.05, 3.63) is 47.7 Å². The lowest BCUT2D eigenvalue weighted by molar-refractivity contribution is -0.840. The number of allylic oxidation sites excluding steroid dienone is 2. The molecule has 0 saturated heterocycles. The van der Waals surface area contributed by atoms with E-state index in [1.54, 1.807) is 0 Å². The Bertz CT molecular complexity index is 414. The molecule has 1 aromatic rings. The van der Waals surface area contributed by atoms with E-state index in [0.29, 0.717) is 5.78 Å². The van der Waals surface area contributed by atoms with E-state index in [1.807, 2.05) is 12.1 Å². The monoisotopic (exact) mass is 309 g/mol. The minimum absolute atomic E-state index is 0. The number of nitrogens with one attached hydrogen (secondary N) is 1. The average molecular weight is 310 g/mol. The van der Waals surface area contributed by atoms with E-state index in [0.717, 1.165) is 32.2 Å². The second-order valence-corrected chi connectivity index (χ2v) is 4.76. The Hall–Kier alpha value is -0.930. The number of rotatable bonds is 4. The van der Waals surface area contributed by atoms with Crippen LogP contribution in [-0.2, 0) is 11.2 Å². The van der Waals surface area contributed by atoms with E-state index in [4.69, 9.17) is 0 Å². The summed E-state index contributed by atoms with van der Waals surface area (Å²) in [4.78, 5) is 12.7. The van der Waals surface area contributed by atoms with Crippen LogP contribution in [-0.4, -0.2) is 19.4 Å². The molecule has 0 bridgehead atoms. The SMILES string of the molecule is C[NH+](CCc1ccccc1)C1=CC(=O)CCC1.[Br-]. The van der Waals surface area contributed by atoms with Crippen molar-refractivity contribution in [3.63, 3.8) is 0 Å². The third kappa shape index (κ3) is 4.39. The number of quaternary nitrogens is 1. The van der Waals surface area contributed by atoms with Gasteiger partial charge in [0.25, 0.3) is 0 Å². The van der Waals surface area contributed by atoms with Gasteiger partial charge >= 0.3 is 0 Å². The Morgan fingerprint density at radius 2 is 1.89 bits per heavy atom. The van der Waals surface area contributed by atoms with Crippen LogP contribution in [0.2, 0.25) is 0 Å². The minimum Gasteiger partial charge on any atom is -1.00 e. The fraction of sp³-hybridized carbons (Fsp3) is 0.400. The largest absolute Gasteiger partial charge is 1.00 e. The van der Waals surface area contributed by atoms with Crippen LogP contribution in [0.1, 0.15) is 24.8 Å². The molecule has 3 heteroatoms. The van der Waals surface area contributed by atoms with Crippen molar-refractivity contribution in [3.8, 4) is 0 Å². The quantitative estimate of drug-likeness (QED) is 0.710. The van der Waals surface area contributed by atoms with Gasteiger partial charge in [-0.05, 0) is 12.0 Å². The fourth-order valence-electron chi connectivity index (χ4n) is 2.27. The average Bonchev–Trinajstić information content (AvgIpc) is 2.37. The lowest BCUT2D eigenvalue weighted by Gasteiger charge is -2.19. The van der Waals surface area contributed by atoms with Crippen LogP contribution in [0.25, 0.3) is 0 Å². The molecule has 0 aliphatic heterocycles. The van der Waals surface area contributed by atoms with Crippen molar-refractivity contribution in [1.82, 2.24) is 0 Å². The molecule has 1 aliphatic carbocycles. The first-order valence-corrected chi connectivity index (χ1v) is 6.36. The van der Waals surface area contributed by atoms with Crippen LogP contribution < -0.4 is 21.9 Å². The third-order valence-corrected chi connectivity index (χ3v) is 3.38. The molecule has 2 rings (SSSR count). The maximum atomic E-state index is 11.4. The summed E-state index contributed by atoms with van der Waals surface area (Å²) in [6, 6.07) is 10.5. The molecule has 1 N–H and O–H groups in total. The molecule has 0 fully saturated rings. The van der Waals surface area contributed by atoms with Crippen molar-refractivity contribution in [2.24, 2.45) is 0 Å². The van der Waals surface area contributed by atoms with Gasteiger partial charge in [-0.2, -0.15) is 0 Å². The number of ketones is 1. The first kappa shape index (κ1) is 15.1. The maximum absolute atomic E-state index is 11.4. The van der Waals surface area contributed by atoms with Crippen LogP contribution in [0.4, 0.5) is 0 Å². The van der Waals surface area contributed by atoms with Crippen LogP contribution >= 0.6 is 0 Å². The van der Waals surface area contributed by atoms with E-state index in [2.05, 4.69) is 31.3 Å². The summed E-state index contributed by atoms with van der Waals surface area (Å²) in [5.41, 5.74) is 2.65. The van der Waals surface area contributed by atoms with Gasteiger partial charge in [-0.3, -0.25) is 4.79 Å². The lowest BCUT2D eigenvalue weighted by Crippen LogP contribution is -3.07. The van der Waals surface area contributed by atoms with Gasteiger partial charge in [0.2, 0.25) is 0 Å². The number of likely N-dealkylation sites (N-methyl/N-ethyl adjacent to an activating group) is 1. The molecular formula is C15H20BrNO. The van der Waals surface area contributed by atoms with E-state index in [9.17, 15) is 4.79 Å². The highest BCUT2D eigenvalue weighted by Gasteiger charge is 2.17. The van der Waals surface area contributed by atoms with Crippen molar-refractivity contribution in [2.45, 2.75) is 25.7 Å². The highest BCUT2D eigenvalue weighted by molar-refractivity contribution is 5.90. The summed E-state index contributed by atoms with van der Waals surface area (Å²) in [6.07, 6.45) is 5.75. The second-order valence-electron chi connectivity index (χ2n) is 4.76. The predicted molar refractivity (Wildman–Crippen MR) is 68.8 cm³/mol. The highest BCUT2D eigenvalue weighted by Crippen LogP contribution is 2.09. The summed E-state index contributed by atoms with van der Waals surface area (Å²) in [6.45, 7) is 1.06. The van der Waals surface area contributed by atoms with Gasteiger partial charge < -0.3 is 21.9 Å². The summed E-state index contributed by atoms with van der Waals surface area (Å²) in [7, 11) is 2.16. The molecule has 1 aromatic carbocycles. The number of hydrogen-bond donors (Lipinski definition) is 1. The molecule has 0 heterocycles. The number of carbonyl (C=O) groups excluding carboxylic acids is 1. The first-order chi connectivity index (χ1) is 8.25. The lowest BCUT2D eigenvalue weighted by atomic mass is 10.0. The normalized spacial score (nSPS) is 16.7. The molecule has 0 aromatic heterocycles. The summed E-state index contributed by atoms with van der Waals surface area (Å²) < 4.78 is 0. The number of halogens is 1. The molecule has 1 aliphatic rings. The van der Waals surface area contributed by atoms with Gasteiger partial charge in [0.05, 0.1) is 13.6 Å². The van der Waals surface area contributed by atoms with Gasteiger partial charge in [0, 0.05) is 25.3 Å². The highest BCUT2D eigenvalue weighted by atomic mass is 79.9. The van der Waals surface area contributed by atoms with Gasteiger partial charge in [-0.1, -0.05) is 30.3 Å². The summed E-state index contributed by atoms with van der Waals surface area (Å²) in [5, 5.41) is 0. The van der Waals surface area contributed by atoms with Crippen molar-refractivity contribution in [1.29, 1.82) is 0 Å². The molecule has 2 nitrogen and oxygen atoms in total. The van der Waals surface area contributed by atoms with Crippen LogP contribution in [0.3, 0.4) is 0 Å². The van der Waals surface area contributed by atoms with E-state index in [1.165, 1.54) is 16.2 Å². The minimum atomic E-state index is 0. The second kappa shape index (κ2) is 7.49. The molecular weight excluding hydrogens is 290 g/mol. The zero-order valence-electron chi connectivity index (χ0n) is 10.8. The van der Waals surface area contributed by atoms with E-state index < -0.39 is 0 Å². The molecule has 0 spiro atoms. The number of benzene rings is 1. The molecule has 0 amide bonds. The Labute approximate surface area is 119 Å². The Morgan fingerprint density at radius 3 is 2.56 bits per heavy atom. The van der Waals surface area contributed by atoms with Gasteiger partial charge in [-0.15, -0.1) is 0 Å². The summed E-state index contributed by atoms with van der Waals surface area (Å²) >= 11 is 0. The predicted octanol–water partition coefficient (Wildman–Crippen LogP) is -1.62. The summed E-state index contributed by atoms with van der Waals surface area (Å²) in [5.74, 6) is 0.297. The zero-order chi connectivity index (χ0) is 12.1. The van der Waals surface area contributed by atoms with Gasteiger partial charge in [0.15, 0.2) is 5.78 Å². The first-order valence-electron chi connectivity index (χ1n) is 6.36. The van der Waals surface area contributed by atoms with Crippen molar-refractivity contribution < 1.29 is 26.7 Å². The number of hydrogen-bond acceptors (Lipinski definition) is 1. The zero-order valence-corrected chi connectivity index (χ0v) is 12.4. The maximum Gasteiger partial charge on any atom is 0.161 e. The van der Waals surface area contributed by atoms with Crippen LogP contribution in [0.15, 0.2) is 42.1 Å². The van der Waals surface area contributed by atoms with Crippen LogP contribution in [0.5, 0.6) is 0 Å². The molecule has 18 heavy (non-hydrogen) atoms. The Kier molecular flexibility index (Phi) is 6.30. The Balaban J connectivity index is 0.00000162. The molecule has 1 atom stereocenters. The van der Waals surface area contributed by atoms with Gasteiger partial charge in [-0.25, -0.2) is 0 Å². The van der Waals surface area contributed by atoms with E-state index >= 15 is 0 Å². The standard InChI is InChI=1S/C15H19NO.BrH/c1-16(14-8-5-9-15(17)12-14)11-10-13-6-3-2-4-7-13;/h2-4,6-7,12H,5,8-11H2,1H3;1H. The third-order valence-electron chi connectivity index (χ3n) is 3.38. The Morgan fingerprint density at radius 1 is 1.17 bits per heavy atom. The smallest absolute Gasteiger partial charge is 0.161 e. The molecule has 98 valence electrons.